The molecule has 0 bridgehead atoms. The van der Waals surface area contributed by atoms with Crippen LogP contribution in [0.25, 0.3) is 0 Å². The van der Waals surface area contributed by atoms with Gasteiger partial charge in [-0.2, -0.15) is 0 Å². The molecule has 0 rings (SSSR count). The van der Waals surface area contributed by atoms with Crippen molar-refractivity contribution in [2.45, 2.75) is 250 Å². The number of hydrogen-bond donors (Lipinski definition) is 4. The quantitative estimate of drug-likeness (QED) is 0.0286. The van der Waals surface area contributed by atoms with E-state index >= 15 is 0 Å². The van der Waals surface area contributed by atoms with Gasteiger partial charge in [0.2, 0.25) is 5.91 Å². The van der Waals surface area contributed by atoms with Crippen molar-refractivity contribution in [2.75, 3.05) is 6.61 Å². The van der Waals surface area contributed by atoms with Crippen LogP contribution in [0.5, 0.6) is 0 Å². The molecule has 5 nitrogen and oxygen atoms in total. The van der Waals surface area contributed by atoms with Crippen LogP contribution in [0.15, 0.2) is 36.5 Å². The molecule has 5 heteroatoms. The van der Waals surface area contributed by atoms with Crippen molar-refractivity contribution in [3.8, 4) is 0 Å². The molecule has 0 saturated heterocycles. The van der Waals surface area contributed by atoms with E-state index in [1.807, 2.05) is 6.08 Å². The van der Waals surface area contributed by atoms with E-state index in [9.17, 15) is 20.1 Å². The van der Waals surface area contributed by atoms with E-state index in [0.29, 0.717) is 6.42 Å². The maximum atomic E-state index is 12.4. The number of nitrogens with one attached hydrogen (secondary N) is 1. The molecular formula is C47H89NO4. The summed E-state index contributed by atoms with van der Waals surface area (Å²) in [4.78, 5) is 12.4. The largest absolute Gasteiger partial charge is 0.394 e. The second kappa shape index (κ2) is 42.3. The third-order valence-corrected chi connectivity index (χ3v) is 10.4. The topological polar surface area (TPSA) is 89.8 Å². The van der Waals surface area contributed by atoms with Gasteiger partial charge in [-0.25, -0.2) is 0 Å². The van der Waals surface area contributed by atoms with Gasteiger partial charge in [-0.3, -0.25) is 4.79 Å². The molecule has 0 aromatic heterocycles. The standard InChI is InChI=1S/C47H89NO4/c1-3-5-7-9-11-13-15-17-19-21-22-23-25-27-29-31-33-35-37-39-41-46(51)45(43-49)48-47(52)42-44(50)40-38-36-34-32-30-28-26-24-20-18-16-14-12-10-8-6-4-2/h12,14,16,18,39,41,44-46,49-51H,3-11,13,15,17,19-38,40,42-43H2,1-2H3,(H,48,52)/b14-12-,18-16-,41-39+. The van der Waals surface area contributed by atoms with Gasteiger partial charge < -0.3 is 20.6 Å². The number of rotatable bonds is 41. The van der Waals surface area contributed by atoms with Crippen molar-refractivity contribution in [1.29, 1.82) is 0 Å². The number of aliphatic hydroxyl groups excluding tert-OH is 3. The first kappa shape index (κ1) is 50.6. The summed E-state index contributed by atoms with van der Waals surface area (Å²) in [6, 6.07) is -0.746. The maximum absolute atomic E-state index is 12.4. The van der Waals surface area contributed by atoms with Crippen molar-refractivity contribution in [1.82, 2.24) is 5.32 Å². The van der Waals surface area contributed by atoms with Gasteiger partial charge in [-0.1, -0.05) is 217 Å². The fraction of sp³-hybridized carbons (Fsp3) is 0.851. The summed E-state index contributed by atoms with van der Waals surface area (Å²) in [5.74, 6) is -0.319. The van der Waals surface area contributed by atoms with Gasteiger partial charge >= 0.3 is 0 Å². The smallest absolute Gasteiger partial charge is 0.222 e. The Morgan fingerprint density at radius 3 is 1.27 bits per heavy atom. The van der Waals surface area contributed by atoms with Crippen molar-refractivity contribution in [3.05, 3.63) is 36.5 Å². The highest BCUT2D eigenvalue weighted by Gasteiger charge is 2.20. The van der Waals surface area contributed by atoms with Crippen LogP contribution in [0.2, 0.25) is 0 Å². The highest BCUT2D eigenvalue weighted by molar-refractivity contribution is 5.76. The molecule has 0 heterocycles. The van der Waals surface area contributed by atoms with Crippen LogP contribution < -0.4 is 5.32 Å². The van der Waals surface area contributed by atoms with Crippen LogP contribution in [0.3, 0.4) is 0 Å². The lowest BCUT2D eigenvalue weighted by Crippen LogP contribution is -2.45. The number of unbranched alkanes of at least 4 members (excludes halogenated alkanes) is 29. The fourth-order valence-electron chi connectivity index (χ4n) is 6.92. The number of amides is 1. The third-order valence-electron chi connectivity index (χ3n) is 10.4. The lowest BCUT2D eigenvalue weighted by molar-refractivity contribution is -0.124. The zero-order valence-corrected chi connectivity index (χ0v) is 34.7. The molecule has 0 radical (unpaired) electrons. The van der Waals surface area contributed by atoms with Crippen molar-refractivity contribution in [3.63, 3.8) is 0 Å². The van der Waals surface area contributed by atoms with Gasteiger partial charge in [0.1, 0.15) is 0 Å². The molecule has 306 valence electrons. The first-order chi connectivity index (χ1) is 25.5. The average Bonchev–Trinajstić information content (AvgIpc) is 3.14. The van der Waals surface area contributed by atoms with Gasteiger partial charge in [0.25, 0.3) is 0 Å². The van der Waals surface area contributed by atoms with Gasteiger partial charge in [-0.15, -0.1) is 0 Å². The zero-order chi connectivity index (χ0) is 38.0. The van der Waals surface area contributed by atoms with E-state index in [1.165, 1.54) is 180 Å². The monoisotopic (exact) mass is 732 g/mol. The van der Waals surface area contributed by atoms with Crippen LogP contribution in [0.4, 0.5) is 0 Å². The molecule has 52 heavy (non-hydrogen) atoms. The van der Waals surface area contributed by atoms with Crippen molar-refractivity contribution >= 4 is 5.91 Å². The van der Waals surface area contributed by atoms with Crippen LogP contribution in [-0.4, -0.2) is 46.1 Å². The molecule has 0 aliphatic rings. The summed E-state index contributed by atoms with van der Waals surface area (Å²) in [6.45, 7) is 4.19. The SMILES string of the molecule is CCCCC/C=C\C=C/CCCCCCCCCCC(O)CC(=O)NC(CO)C(O)/C=C/CCCCCCCCCCCCCCCCCCCC. The number of carbonyl (C=O) groups is 1. The number of allylic oxidation sites excluding steroid dienone is 5. The summed E-state index contributed by atoms with van der Waals surface area (Å²) >= 11 is 0. The summed E-state index contributed by atoms with van der Waals surface area (Å²) < 4.78 is 0. The van der Waals surface area contributed by atoms with E-state index in [0.717, 1.165) is 25.7 Å². The van der Waals surface area contributed by atoms with Crippen molar-refractivity contribution in [2.24, 2.45) is 0 Å². The molecule has 0 spiro atoms. The maximum Gasteiger partial charge on any atom is 0.222 e. The first-order valence-electron chi connectivity index (χ1n) is 22.8. The molecular weight excluding hydrogens is 643 g/mol. The van der Waals surface area contributed by atoms with Gasteiger partial charge in [0.05, 0.1) is 31.3 Å². The van der Waals surface area contributed by atoms with E-state index in [1.54, 1.807) is 6.08 Å². The van der Waals surface area contributed by atoms with Gasteiger partial charge in [0, 0.05) is 0 Å². The Labute approximate surface area is 324 Å². The van der Waals surface area contributed by atoms with E-state index in [2.05, 4.69) is 43.5 Å². The van der Waals surface area contributed by atoms with E-state index in [4.69, 9.17) is 0 Å². The normalized spacial score (nSPS) is 13.9. The summed E-state index contributed by atoms with van der Waals surface area (Å²) in [5.41, 5.74) is 0. The Hall–Kier alpha value is -1.43. The second-order valence-corrected chi connectivity index (χ2v) is 15.7. The number of aliphatic hydroxyl groups is 3. The summed E-state index contributed by atoms with van der Waals surface area (Å²) in [6.07, 6.45) is 52.8. The predicted octanol–water partition coefficient (Wildman–Crippen LogP) is 13.2. The molecule has 0 fully saturated rings. The van der Waals surface area contributed by atoms with Gasteiger partial charge in [0.15, 0.2) is 0 Å². The highest BCUT2D eigenvalue weighted by atomic mass is 16.3. The highest BCUT2D eigenvalue weighted by Crippen LogP contribution is 2.16. The molecule has 0 saturated carbocycles. The van der Waals surface area contributed by atoms with Crippen LogP contribution in [-0.2, 0) is 4.79 Å². The van der Waals surface area contributed by atoms with Crippen LogP contribution >= 0.6 is 0 Å². The summed E-state index contributed by atoms with van der Waals surface area (Å²) in [5, 5.41) is 33.3. The van der Waals surface area contributed by atoms with E-state index in [-0.39, 0.29) is 18.9 Å². The van der Waals surface area contributed by atoms with E-state index < -0.39 is 18.2 Å². The molecule has 0 aliphatic heterocycles. The minimum absolute atomic E-state index is 0.00926. The summed E-state index contributed by atoms with van der Waals surface area (Å²) in [7, 11) is 0. The van der Waals surface area contributed by atoms with Gasteiger partial charge in [-0.05, 0) is 44.9 Å². The third kappa shape index (κ3) is 38.3. The van der Waals surface area contributed by atoms with Crippen molar-refractivity contribution < 1.29 is 20.1 Å². The molecule has 0 aromatic carbocycles. The Balaban J connectivity index is 3.66. The Kier molecular flexibility index (Phi) is 41.1. The lowest BCUT2D eigenvalue weighted by Gasteiger charge is -2.21. The molecule has 4 N–H and O–H groups in total. The predicted molar refractivity (Wildman–Crippen MR) is 227 cm³/mol. The molecule has 1 amide bonds. The minimum Gasteiger partial charge on any atom is -0.394 e. The van der Waals surface area contributed by atoms with Crippen LogP contribution in [0.1, 0.15) is 232 Å². The number of carbonyl (C=O) groups excluding carboxylic acids is 1. The Bertz CT molecular complexity index is 809. The second-order valence-electron chi connectivity index (χ2n) is 15.7. The zero-order valence-electron chi connectivity index (χ0n) is 34.7. The molecule has 0 aromatic rings. The molecule has 3 atom stereocenters. The number of hydrogen-bond acceptors (Lipinski definition) is 4. The Morgan fingerprint density at radius 1 is 0.500 bits per heavy atom. The van der Waals surface area contributed by atoms with Crippen LogP contribution in [0, 0.1) is 0 Å². The lowest BCUT2D eigenvalue weighted by atomic mass is 10.0. The molecule has 0 aliphatic carbocycles. The fourth-order valence-corrected chi connectivity index (χ4v) is 6.92. The Morgan fingerprint density at radius 2 is 0.846 bits per heavy atom. The molecule has 3 unspecified atom stereocenters. The first-order valence-corrected chi connectivity index (χ1v) is 22.8. The average molecular weight is 732 g/mol. The minimum atomic E-state index is -0.930.